The van der Waals surface area contributed by atoms with Gasteiger partial charge in [0.25, 0.3) is 5.91 Å². The molecule has 1 aliphatic heterocycles. The van der Waals surface area contributed by atoms with Crippen LogP contribution in [0.5, 0.6) is 0 Å². The summed E-state index contributed by atoms with van der Waals surface area (Å²) in [5.41, 5.74) is 4.99. The number of hydrogen-bond donors (Lipinski definition) is 1. The van der Waals surface area contributed by atoms with Crippen LogP contribution in [0.25, 0.3) is 11.3 Å². The van der Waals surface area contributed by atoms with Gasteiger partial charge in [-0.25, -0.2) is 0 Å². The average Bonchev–Trinajstić information content (AvgIpc) is 3.31. The molecule has 31 heavy (non-hydrogen) atoms. The lowest BCUT2D eigenvalue weighted by molar-refractivity contribution is 0.0915. The Morgan fingerprint density at radius 2 is 1.77 bits per heavy atom. The summed E-state index contributed by atoms with van der Waals surface area (Å²) in [5, 5.41) is 7.09. The summed E-state index contributed by atoms with van der Waals surface area (Å²) in [7, 11) is 0. The van der Waals surface area contributed by atoms with E-state index in [1.54, 1.807) is 6.07 Å². The van der Waals surface area contributed by atoms with E-state index in [2.05, 4.69) is 46.6 Å². The molecule has 0 spiro atoms. The summed E-state index contributed by atoms with van der Waals surface area (Å²) in [6.45, 7) is 6.89. The molecule has 5 heteroatoms. The number of benzene rings is 2. The second-order valence-corrected chi connectivity index (χ2v) is 8.36. The molecule has 1 fully saturated rings. The van der Waals surface area contributed by atoms with Crippen molar-refractivity contribution in [1.82, 2.24) is 15.4 Å². The van der Waals surface area contributed by atoms with Crippen LogP contribution in [0.15, 0.2) is 59.1 Å². The summed E-state index contributed by atoms with van der Waals surface area (Å²) in [6.07, 6.45) is 4.73. The zero-order valence-electron chi connectivity index (χ0n) is 18.4. The second kappa shape index (κ2) is 9.92. The Morgan fingerprint density at radius 1 is 1.06 bits per heavy atom. The number of carbonyl (C=O) groups is 1. The van der Waals surface area contributed by atoms with Crippen molar-refractivity contribution < 1.29 is 9.32 Å². The molecule has 5 nitrogen and oxygen atoms in total. The zero-order valence-corrected chi connectivity index (χ0v) is 18.4. The van der Waals surface area contributed by atoms with E-state index in [0.29, 0.717) is 18.0 Å². The Balaban J connectivity index is 1.46. The van der Waals surface area contributed by atoms with Crippen molar-refractivity contribution >= 4 is 5.91 Å². The molecule has 1 amide bonds. The summed E-state index contributed by atoms with van der Waals surface area (Å²) in [6, 6.07) is 18.7. The lowest BCUT2D eigenvalue weighted by Crippen LogP contribution is -2.40. The molecule has 0 bridgehead atoms. The van der Waals surface area contributed by atoms with Crippen LogP contribution in [0, 0.1) is 6.92 Å². The van der Waals surface area contributed by atoms with E-state index in [-0.39, 0.29) is 11.9 Å². The maximum Gasteiger partial charge on any atom is 0.273 e. The van der Waals surface area contributed by atoms with Gasteiger partial charge in [0.2, 0.25) is 0 Å². The van der Waals surface area contributed by atoms with E-state index in [0.717, 1.165) is 25.1 Å². The molecular formula is C26H31N3O2. The molecule has 0 unspecified atom stereocenters. The molecular weight excluding hydrogens is 386 g/mol. The highest BCUT2D eigenvalue weighted by Gasteiger charge is 2.24. The monoisotopic (exact) mass is 417 g/mol. The van der Waals surface area contributed by atoms with Gasteiger partial charge in [-0.05, 0) is 50.4 Å². The Labute approximate surface area is 184 Å². The van der Waals surface area contributed by atoms with Crippen LogP contribution >= 0.6 is 0 Å². The first-order valence-corrected chi connectivity index (χ1v) is 11.3. The number of carbonyl (C=O) groups excluding carboxylic acids is 1. The molecule has 1 aliphatic rings. The van der Waals surface area contributed by atoms with Crippen molar-refractivity contribution in [2.24, 2.45) is 0 Å². The Kier molecular flexibility index (Phi) is 6.82. The first kappa shape index (κ1) is 21.3. The number of amides is 1. The molecule has 1 atom stereocenters. The fourth-order valence-corrected chi connectivity index (χ4v) is 4.18. The largest absolute Gasteiger partial charge is 0.355 e. The molecule has 162 valence electrons. The predicted molar refractivity (Wildman–Crippen MR) is 123 cm³/mol. The Hall–Kier alpha value is -2.92. The van der Waals surface area contributed by atoms with Crippen LogP contribution < -0.4 is 5.32 Å². The van der Waals surface area contributed by atoms with E-state index >= 15 is 0 Å². The van der Waals surface area contributed by atoms with Gasteiger partial charge in [-0.15, -0.1) is 0 Å². The predicted octanol–water partition coefficient (Wildman–Crippen LogP) is 5.17. The molecule has 0 radical (unpaired) electrons. The van der Waals surface area contributed by atoms with Gasteiger partial charge >= 0.3 is 0 Å². The van der Waals surface area contributed by atoms with Crippen LogP contribution in [0.4, 0.5) is 0 Å². The average molecular weight is 418 g/mol. The number of rotatable bonds is 7. The molecule has 3 aromatic rings. The van der Waals surface area contributed by atoms with Crippen LogP contribution in [0.2, 0.25) is 0 Å². The Bertz CT molecular complexity index is 986. The maximum atomic E-state index is 12.8. The van der Waals surface area contributed by atoms with Gasteiger partial charge in [0.05, 0.1) is 6.04 Å². The van der Waals surface area contributed by atoms with E-state index in [1.165, 1.54) is 36.0 Å². The van der Waals surface area contributed by atoms with E-state index in [4.69, 9.17) is 4.52 Å². The van der Waals surface area contributed by atoms with Crippen LogP contribution in [-0.4, -0.2) is 35.6 Å². The molecule has 1 N–H and O–H groups in total. The quantitative estimate of drug-likeness (QED) is 0.576. The van der Waals surface area contributed by atoms with E-state index < -0.39 is 0 Å². The Morgan fingerprint density at radius 3 is 2.45 bits per heavy atom. The summed E-state index contributed by atoms with van der Waals surface area (Å²) in [5.74, 6) is 0.405. The van der Waals surface area contributed by atoms with Crippen molar-refractivity contribution in [2.45, 2.75) is 45.6 Å². The minimum Gasteiger partial charge on any atom is -0.355 e. The highest BCUT2D eigenvalue weighted by Crippen LogP contribution is 2.25. The number of aryl methyl sites for hydroxylation is 2. The third kappa shape index (κ3) is 5.23. The maximum absolute atomic E-state index is 12.8. The smallest absolute Gasteiger partial charge is 0.273 e. The topological polar surface area (TPSA) is 58.4 Å². The second-order valence-electron chi connectivity index (χ2n) is 8.36. The first-order valence-electron chi connectivity index (χ1n) is 11.3. The lowest BCUT2D eigenvalue weighted by atomic mass is 9.99. The third-order valence-electron chi connectivity index (χ3n) is 6.14. The van der Waals surface area contributed by atoms with Crippen LogP contribution in [0.3, 0.4) is 0 Å². The highest BCUT2D eigenvalue weighted by atomic mass is 16.5. The minimum atomic E-state index is -0.200. The zero-order chi connectivity index (χ0) is 21.6. The first-order chi connectivity index (χ1) is 15.1. The fraction of sp³-hybridized carbons (Fsp3) is 0.385. The standard InChI is InChI=1S/C26H31N3O2/c1-3-20-9-13-21(14-10-20)24(29-15-5-4-6-16-29)18-27-26(30)23-17-25(31-28-23)22-11-7-19(2)8-12-22/h7-14,17,24H,3-6,15-16,18H2,1-2H3,(H,27,30)/t24-/m0/s1. The van der Waals surface area contributed by atoms with Gasteiger partial charge in [-0.3, -0.25) is 9.69 Å². The molecule has 2 aromatic carbocycles. The SMILES string of the molecule is CCc1ccc([C@H](CNC(=O)c2cc(-c3ccc(C)cc3)on2)N2CCCCC2)cc1. The lowest BCUT2D eigenvalue weighted by Gasteiger charge is -2.35. The highest BCUT2D eigenvalue weighted by molar-refractivity contribution is 5.93. The van der Waals surface area contributed by atoms with E-state index in [9.17, 15) is 4.79 Å². The molecule has 2 heterocycles. The van der Waals surface area contributed by atoms with Crippen molar-refractivity contribution in [2.75, 3.05) is 19.6 Å². The molecule has 0 saturated carbocycles. The third-order valence-corrected chi connectivity index (χ3v) is 6.14. The van der Waals surface area contributed by atoms with E-state index in [1.807, 2.05) is 31.2 Å². The number of nitrogens with one attached hydrogen (secondary N) is 1. The number of hydrogen-bond acceptors (Lipinski definition) is 4. The molecule has 1 aromatic heterocycles. The molecule has 0 aliphatic carbocycles. The summed E-state index contributed by atoms with van der Waals surface area (Å²) >= 11 is 0. The minimum absolute atomic E-state index is 0.165. The van der Waals surface area contributed by atoms with Crippen LogP contribution in [-0.2, 0) is 6.42 Å². The van der Waals surface area contributed by atoms with Gasteiger partial charge in [-0.2, -0.15) is 0 Å². The number of nitrogens with zero attached hydrogens (tertiary/aromatic N) is 2. The molecule has 1 saturated heterocycles. The molecule has 4 rings (SSSR count). The van der Waals surface area contributed by atoms with Gasteiger partial charge in [0, 0.05) is 18.2 Å². The fourth-order valence-electron chi connectivity index (χ4n) is 4.18. The number of piperidine rings is 1. The van der Waals surface area contributed by atoms with Crippen LogP contribution in [0.1, 0.15) is 59.4 Å². The van der Waals surface area contributed by atoms with Gasteiger partial charge < -0.3 is 9.84 Å². The van der Waals surface area contributed by atoms with Crippen molar-refractivity contribution in [3.05, 3.63) is 77.0 Å². The van der Waals surface area contributed by atoms with Gasteiger partial charge in [0.15, 0.2) is 11.5 Å². The number of aromatic nitrogens is 1. The number of likely N-dealkylation sites (tertiary alicyclic amines) is 1. The normalized spacial score (nSPS) is 15.5. The van der Waals surface area contributed by atoms with Crippen molar-refractivity contribution in [1.29, 1.82) is 0 Å². The summed E-state index contributed by atoms with van der Waals surface area (Å²) in [4.78, 5) is 15.3. The summed E-state index contributed by atoms with van der Waals surface area (Å²) < 4.78 is 5.42. The van der Waals surface area contributed by atoms with Gasteiger partial charge in [-0.1, -0.05) is 72.6 Å². The van der Waals surface area contributed by atoms with Crippen molar-refractivity contribution in [3.63, 3.8) is 0 Å². The van der Waals surface area contributed by atoms with Gasteiger partial charge in [0.1, 0.15) is 0 Å². The van der Waals surface area contributed by atoms with Crippen molar-refractivity contribution in [3.8, 4) is 11.3 Å².